The van der Waals surface area contributed by atoms with E-state index >= 15 is 0 Å². The molecule has 0 unspecified atom stereocenters. The number of phenols is 2. The highest BCUT2D eigenvalue weighted by Crippen LogP contribution is 2.45. The largest absolute Gasteiger partial charge is 0.504 e. The summed E-state index contributed by atoms with van der Waals surface area (Å²) in [5, 5.41) is 45.5. The Balaban J connectivity index is 1.14. The fourth-order valence-corrected chi connectivity index (χ4v) is 7.50. The number of allylic oxidation sites excluding steroid dienone is 1. The van der Waals surface area contributed by atoms with Crippen molar-refractivity contribution in [2.24, 2.45) is 11.1 Å². The number of carboxylic acid groups (broad SMARTS) is 2. The molecule has 262 valence electrons. The number of aromatic nitrogens is 2. The van der Waals surface area contributed by atoms with Gasteiger partial charge in [-0.15, -0.1) is 23.1 Å². The molecule has 4 heterocycles. The Kier molecular flexibility index (Phi) is 9.55. The van der Waals surface area contributed by atoms with Gasteiger partial charge < -0.3 is 31.0 Å². The first-order valence-electron chi connectivity index (χ1n) is 15.5. The number of nitrogens with two attached hydrogens (primary N) is 1. The lowest BCUT2D eigenvalue weighted by molar-refractivity contribution is -0.687. The molecule has 1 saturated heterocycles. The van der Waals surface area contributed by atoms with E-state index < -0.39 is 40.5 Å². The first kappa shape index (κ1) is 35.1. The van der Waals surface area contributed by atoms with Crippen LogP contribution in [0.2, 0.25) is 0 Å². The van der Waals surface area contributed by atoms with Crippen LogP contribution in [0.25, 0.3) is 16.8 Å². The quantitative estimate of drug-likeness (QED) is 0.0463. The van der Waals surface area contributed by atoms with E-state index in [1.807, 2.05) is 41.2 Å². The van der Waals surface area contributed by atoms with Crippen molar-refractivity contribution in [3.8, 4) is 11.5 Å². The molecule has 14 nitrogen and oxygen atoms in total. The van der Waals surface area contributed by atoms with Crippen LogP contribution in [0.1, 0.15) is 37.1 Å². The molecule has 0 bridgehead atoms. The molecule has 2 aliphatic rings. The maximum atomic E-state index is 13.4. The van der Waals surface area contributed by atoms with E-state index in [9.17, 15) is 39.6 Å². The second kappa shape index (κ2) is 13.9. The predicted molar refractivity (Wildman–Crippen MR) is 189 cm³/mol. The Hall–Kier alpha value is -5.74. The molecular formula is C35H32N5O9S2+. The minimum Gasteiger partial charge on any atom is -0.504 e. The summed E-state index contributed by atoms with van der Waals surface area (Å²) in [7, 11) is 0. The molecule has 2 aliphatic heterocycles. The molecule has 51 heavy (non-hydrogen) atoms. The van der Waals surface area contributed by atoms with E-state index in [-0.39, 0.29) is 45.9 Å². The number of oxime groups is 1. The van der Waals surface area contributed by atoms with Crippen molar-refractivity contribution in [1.29, 1.82) is 0 Å². The molecule has 0 aliphatic carbocycles. The summed E-state index contributed by atoms with van der Waals surface area (Å²) in [5.74, 6) is -4.65. The minimum absolute atomic E-state index is 0.0747. The topological polar surface area (TPSA) is 217 Å². The number of carboxylic acids is 2. The van der Waals surface area contributed by atoms with Crippen LogP contribution in [-0.4, -0.2) is 76.4 Å². The normalized spacial score (nSPS) is 17.8. The van der Waals surface area contributed by atoms with Crippen LogP contribution in [0.4, 0.5) is 5.13 Å². The number of pyridine rings is 1. The zero-order chi connectivity index (χ0) is 36.6. The van der Waals surface area contributed by atoms with Crippen molar-refractivity contribution in [3.05, 3.63) is 94.4 Å². The first-order valence-corrected chi connectivity index (χ1v) is 17.4. The molecule has 6 rings (SSSR count). The van der Waals surface area contributed by atoms with Crippen LogP contribution in [0.15, 0.2) is 82.7 Å². The Bertz CT molecular complexity index is 2180. The fourth-order valence-electron chi connectivity index (χ4n) is 5.57. The molecule has 16 heteroatoms. The van der Waals surface area contributed by atoms with E-state index in [4.69, 9.17) is 10.6 Å². The number of nitrogens with zero attached hydrogens (tertiary/aromatic N) is 4. The van der Waals surface area contributed by atoms with Gasteiger partial charge in [-0.05, 0) is 37.1 Å². The fraction of sp³-hybridized carbons (Fsp3) is 0.229. The zero-order valence-corrected chi connectivity index (χ0v) is 28.9. The number of carbonyl (C=O) groups excluding carboxylic acids is 2. The molecule has 0 radical (unpaired) electrons. The molecule has 2 aromatic heterocycles. The van der Waals surface area contributed by atoms with Gasteiger partial charge in [0.05, 0.1) is 11.3 Å². The van der Waals surface area contributed by atoms with Crippen LogP contribution in [0.5, 0.6) is 11.5 Å². The monoisotopic (exact) mass is 730 g/mol. The maximum Gasteiger partial charge on any atom is 0.352 e. The van der Waals surface area contributed by atoms with Crippen LogP contribution < -0.4 is 10.3 Å². The van der Waals surface area contributed by atoms with Gasteiger partial charge in [0, 0.05) is 40.0 Å². The lowest BCUT2D eigenvalue weighted by atomic mass is 9.89. The molecule has 2 atom stereocenters. The highest BCUT2D eigenvalue weighted by molar-refractivity contribution is 8.00. The van der Waals surface area contributed by atoms with E-state index in [0.29, 0.717) is 17.5 Å². The summed E-state index contributed by atoms with van der Waals surface area (Å²) < 4.78 is 1.95. The number of nitrogen functional groups attached to an aromatic ring is 1. The lowest BCUT2D eigenvalue weighted by Gasteiger charge is -2.49. The summed E-state index contributed by atoms with van der Waals surface area (Å²) in [6.07, 6.45) is 6.80. The number of hydrogen-bond donors (Lipinski definition) is 5. The molecular weight excluding hydrogens is 699 g/mol. The molecule has 0 spiro atoms. The summed E-state index contributed by atoms with van der Waals surface area (Å²) >= 11 is 2.38. The third-order valence-electron chi connectivity index (χ3n) is 8.41. The number of ketones is 1. The smallest absolute Gasteiger partial charge is 0.352 e. The number of Topliss-reactive ketones (excluding diaryl/α,β-unsaturated/α-hetero) is 1. The van der Waals surface area contributed by atoms with E-state index in [0.717, 1.165) is 27.8 Å². The van der Waals surface area contributed by atoms with Gasteiger partial charge in [0.2, 0.25) is 11.5 Å². The van der Waals surface area contributed by atoms with Gasteiger partial charge in [-0.3, -0.25) is 14.5 Å². The van der Waals surface area contributed by atoms with Gasteiger partial charge in [-0.25, -0.2) is 19.1 Å². The second-order valence-electron chi connectivity index (χ2n) is 12.4. The van der Waals surface area contributed by atoms with Crippen LogP contribution in [0.3, 0.4) is 0 Å². The van der Waals surface area contributed by atoms with E-state index in [1.54, 1.807) is 24.3 Å². The van der Waals surface area contributed by atoms with E-state index in [2.05, 4.69) is 10.1 Å². The number of aliphatic carboxylic acids is 2. The highest BCUT2D eigenvalue weighted by Gasteiger charge is 2.54. The Labute approximate surface area is 298 Å². The number of amides is 1. The molecule has 4 aromatic rings. The Morgan fingerprint density at radius 1 is 1.12 bits per heavy atom. The lowest BCUT2D eigenvalue weighted by Crippen LogP contribution is -2.62. The number of rotatable bonds is 12. The number of benzene rings is 2. The van der Waals surface area contributed by atoms with Gasteiger partial charge in [0.25, 0.3) is 0 Å². The molecule has 0 saturated carbocycles. The molecule has 6 N–H and O–H groups in total. The molecule has 2 aromatic carbocycles. The number of β-lactam (4-membered cyclic amide) rings is 1. The molecule has 1 amide bonds. The average Bonchev–Trinajstić information content (AvgIpc) is 3.53. The van der Waals surface area contributed by atoms with Crippen LogP contribution in [0, 0.1) is 5.92 Å². The number of carbonyl (C=O) groups is 4. The van der Waals surface area contributed by atoms with Crippen molar-refractivity contribution >= 4 is 74.4 Å². The van der Waals surface area contributed by atoms with Gasteiger partial charge in [0.15, 0.2) is 47.1 Å². The van der Waals surface area contributed by atoms with Gasteiger partial charge >= 0.3 is 11.9 Å². The number of hydrogen-bond acceptors (Lipinski definition) is 12. The number of thioether (sulfide) groups is 1. The number of fused-ring (bicyclic) bond motifs is 2. The van der Waals surface area contributed by atoms with E-state index in [1.165, 1.54) is 42.0 Å². The van der Waals surface area contributed by atoms with Crippen molar-refractivity contribution in [2.75, 3.05) is 11.5 Å². The van der Waals surface area contributed by atoms with Crippen LogP contribution in [-0.2, 0) is 30.6 Å². The third kappa shape index (κ3) is 7.13. The number of anilines is 1. The van der Waals surface area contributed by atoms with Gasteiger partial charge in [-0.2, -0.15) is 0 Å². The summed E-state index contributed by atoms with van der Waals surface area (Å²) in [5.41, 5.74) is 5.87. The highest BCUT2D eigenvalue weighted by atomic mass is 32.2. The van der Waals surface area contributed by atoms with Gasteiger partial charge in [-0.1, -0.05) is 41.6 Å². The maximum absolute atomic E-state index is 13.4. The van der Waals surface area contributed by atoms with Crippen molar-refractivity contribution in [1.82, 2.24) is 9.88 Å². The standard InChI is InChI=1S/C35H31N5O9S2/c1-35(2,33(47)48)49-38-27(24-17-51-34(36)37-24)26(42)13-23-30(44)40-28(32(45)46)21(16-50-31(23)40)8-7-18-3-5-19(6-4-18)14-39-12-11-22-20(15-39)9-10-25(41)29(22)43/h3-12,15,17,23,31H,13-14,16H2,1-2H3,(H5,36,37,43,45,46,47,48)/p+1/b8-7?,38-27-/t23-,31-/m1/s1. The van der Waals surface area contributed by atoms with Crippen molar-refractivity contribution in [2.45, 2.75) is 37.8 Å². The predicted octanol–water partition coefficient (Wildman–Crippen LogP) is 3.75. The summed E-state index contributed by atoms with van der Waals surface area (Å²) in [6, 6.07) is 12.6. The second-order valence-corrected chi connectivity index (χ2v) is 14.4. The number of phenolic OH excluding ortho intramolecular Hbond substituents is 2. The Morgan fingerprint density at radius 2 is 1.86 bits per heavy atom. The van der Waals surface area contributed by atoms with Crippen LogP contribution >= 0.6 is 23.1 Å². The minimum atomic E-state index is -1.75. The molecule has 1 fully saturated rings. The van der Waals surface area contributed by atoms with Gasteiger partial charge in [0.1, 0.15) is 11.4 Å². The number of thiazole rings is 1. The number of aromatic hydroxyl groups is 2. The Morgan fingerprint density at radius 3 is 2.53 bits per heavy atom. The average molecular weight is 731 g/mol. The summed E-state index contributed by atoms with van der Waals surface area (Å²) in [6.45, 7) is 3.07. The first-order chi connectivity index (χ1) is 24.2. The zero-order valence-electron chi connectivity index (χ0n) is 27.2. The van der Waals surface area contributed by atoms with Crippen molar-refractivity contribution in [3.63, 3.8) is 0 Å². The SMILES string of the molecule is CC(C)(O/N=C(\C(=O)C[C@@H]1C(=O)N2C(C(=O)O)=C(C=Cc3ccc(C[n+]4ccc5c(O)c(O)ccc5c4)cc3)CS[C@H]12)c1csc(N)n1)C(=O)O. The summed E-state index contributed by atoms with van der Waals surface area (Å²) in [4.78, 5) is 61.1. The third-order valence-corrected chi connectivity index (χ3v) is 10.4. The van der Waals surface area contributed by atoms with Crippen molar-refractivity contribution < 1.29 is 49.0 Å².